The number of nitrogens with two attached hydrogens (primary N) is 1. The third-order valence-corrected chi connectivity index (χ3v) is 5.50. The molecule has 110 valence electrons. The van der Waals surface area contributed by atoms with Crippen molar-refractivity contribution in [2.45, 2.75) is 43.0 Å². The molecule has 1 saturated carbocycles. The number of carboxylic acids is 1. The van der Waals surface area contributed by atoms with Crippen molar-refractivity contribution in [1.82, 2.24) is 4.72 Å². The normalized spacial score (nSPS) is 17.4. The van der Waals surface area contributed by atoms with E-state index >= 15 is 0 Å². The van der Waals surface area contributed by atoms with E-state index in [1.165, 1.54) is 12.1 Å². The summed E-state index contributed by atoms with van der Waals surface area (Å²) >= 11 is 0. The molecule has 0 amide bonds. The van der Waals surface area contributed by atoms with E-state index in [4.69, 9.17) is 10.8 Å². The molecule has 7 heteroatoms. The molecule has 0 aromatic heterocycles. The van der Waals surface area contributed by atoms with Crippen molar-refractivity contribution in [2.75, 3.05) is 5.73 Å². The Morgan fingerprint density at radius 1 is 1.45 bits per heavy atom. The molecule has 0 heterocycles. The van der Waals surface area contributed by atoms with Gasteiger partial charge in [0.05, 0.1) is 10.5 Å². The van der Waals surface area contributed by atoms with Crippen LogP contribution in [0.15, 0.2) is 23.1 Å². The second kappa shape index (κ2) is 5.06. The molecule has 0 bridgehead atoms. The highest BCUT2D eigenvalue weighted by Gasteiger charge is 2.39. The molecule has 1 aromatic rings. The Balaban J connectivity index is 2.42. The van der Waals surface area contributed by atoms with Crippen molar-refractivity contribution in [1.29, 1.82) is 0 Å². The Bertz CT molecular complexity index is 630. The molecule has 0 atom stereocenters. The van der Waals surface area contributed by atoms with Crippen LogP contribution < -0.4 is 10.5 Å². The highest BCUT2D eigenvalue weighted by molar-refractivity contribution is 7.89. The minimum absolute atomic E-state index is 0.218. The molecule has 20 heavy (non-hydrogen) atoms. The summed E-state index contributed by atoms with van der Waals surface area (Å²) in [5.74, 6) is -1.31. The standard InChI is InChI=1S/C13H18N2O4S/c1-2-13(6-3-7-13)15-20(18,19)11-5-4-9(14)8-10(11)12(16)17/h4-5,8,15H,2-3,6-7,14H2,1H3,(H,16,17). The van der Waals surface area contributed by atoms with Crippen molar-refractivity contribution in [3.05, 3.63) is 23.8 Å². The summed E-state index contributed by atoms with van der Waals surface area (Å²) in [6.07, 6.45) is 3.22. The van der Waals surface area contributed by atoms with Gasteiger partial charge in [-0.25, -0.2) is 17.9 Å². The van der Waals surface area contributed by atoms with Crippen molar-refractivity contribution in [2.24, 2.45) is 0 Å². The number of sulfonamides is 1. The van der Waals surface area contributed by atoms with Gasteiger partial charge in [0.1, 0.15) is 0 Å². The Labute approximate surface area is 118 Å². The number of hydrogen-bond acceptors (Lipinski definition) is 4. The van der Waals surface area contributed by atoms with E-state index < -0.39 is 21.5 Å². The number of nitrogen functional groups attached to an aromatic ring is 1. The molecule has 4 N–H and O–H groups in total. The number of carbonyl (C=O) groups is 1. The molecule has 0 radical (unpaired) electrons. The lowest BCUT2D eigenvalue weighted by Gasteiger charge is -2.41. The first-order valence-electron chi connectivity index (χ1n) is 6.46. The lowest BCUT2D eigenvalue weighted by Crippen LogP contribution is -2.52. The highest BCUT2D eigenvalue weighted by Crippen LogP contribution is 2.36. The summed E-state index contributed by atoms with van der Waals surface area (Å²) in [4.78, 5) is 11.0. The van der Waals surface area contributed by atoms with Crippen LogP contribution in [0.5, 0.6) is 0 Å². The van der Waals surface area contributed by atoms with Crippen LogP contribution in [0.4, 0.5) is 5.69 Å². The topological polar surface area (TPSA) is 109 Å². The molecule has 0 saturated heterocycles. The molecule has 0 aliphatic heterocycles. The monoisotopic (exact) mass is 298 g/mol. The van der Waals surface area contributed by atoms with Crippen molar-refractivity contribution < 1.29 is 18.3 Å². The van der Waals surface area contributed by atoms with Crippen LogP contribution in [-0.2, 0) is 10.0 Å². The fourth-order valence-electron chi connectivity index (χ4n) is 2.42. The third-order valence-electron chi connectivity index (χ3n) is 3.86. The summed E-state index contributed by atoms with van der Waals surface area (Å²) in [6.45, 7) is 1.92. The van der Waals surface area contributed by atoms with Crippen LogP contribution in [0.1, 0.15) is 43.0 Å². The van der Waals surface area contributed by atoms with Gasteiger partial charge < -0.3 is 10.8 Å². The quantitative estimate of drug-likeness (QED) is 0.715. The Morgan fingerprint density at radius 3 is 2.55 bits per heavy atom. The smallest absolute Gasteiger partial charge is 0.337 e. The Hall–Kier alpha value is -1.60. The highest BCUT2D eigenvalue weighted by atomic mass is 32.2. The first kappa shape index (κ1) is 14.8. The molecule has 1 aliphatic carbocycles. The van der Waals surface area contributed by atoms with Crippen LogP contribution in [0.25, 0.3) is 0 Å². The van der Waals surface area contributed by atoms with Gasteiger partial charge in [0.25, 0.3) is 0 Å². The van der Waals surface area contributed by atoms with E-state index in [1.54, 1.807) is 0 Å². The predicted octanol–water partition coefficient (Wildman–Crippen LogP) is 1.58. The van der Waals surface area contributed by atoms with Crippen molar-refractivity contribution in [3.63, 3.8) is 0 Å². The number of hydrogen-bond donors (Lipinski definition) is 3. The maximum atomic E-state index is 12.4. The molecular weight excluding hydrogens is 280 g/mol. The summed E-state index contributed by atoms with van der Waals surface area (Å²) in [7, 11) is -3.87. The average molecular weight is 298 g/mol. The number of benzene rings is 1. The second-order valence-corrected chi connectivity index (χ2v) is 6.80. The fourth-order valence-corrected chi connectivity index (χ4v) is 4.13. The zero-order valence-electron chi connectivity index (χ0n) is 11.2. The number of nitrogens with one attached hydrogen (secondary N) is 1. The molecule has 2 rings (SSSR count). The maximum absolute atomic E-state index is 12.4. The zero-order valence-corrected chi connectivity index (χ0v) is 12.0. The first-order valence-corrected chi connectivity index (χ1v) is 7.95. The predicted molar refractivity (Wildman–Crippen MR) is 75.0 cm³/mol. The summed E-state index contributed by atoms with van der Waals surface area (Å²) in [6, 6.07) is 3.79. The summed E-state index contributed by atoms with van der Waals surface area (Å²) in [5, 5.41) is 9.13. The summed E-state index contributed by atoms with van der Waals surface area (Å²) < 4.78 is 27.5. The largest absolute Gasteiger partial charge is 0.478 e. The van der Waals surface area contributed by atoms with Gasteiger partial charge in [0, 0.05) is 11.2 Å². The van der Waals surface area contributed by atoms with Crippen LogP contribution in [0.2, 0.25) is 0 Å². The molecule has 1 fully saturated rings. The van der Waals surface area contributed by atoms with Crippen molar-refractivity contribution in [3.8, 4) is 0 Å². The van der Waals surface area contributed by atoms with Crippen LogP contribution in [0.3, 0.4) is 0 Å². The SMILES string of the molecule is CCC1(NS(=O)(=O)c2ccc(N)cc2C(=O)O)CCC1. The van der Waals surface area contributed by atoms with Gasteiger partial charge in [-0.3, -0.25) is 0 Å². The van der Waals surface area contributed by atoms with Gasteiger partial charge in [-0.15, -0.1) is 0 Å². The fraction of sp³-hybridized carbons (Fsp3) is 0.462. The minimum atomic E-state index is -3.87. The molecule has 1 aromatic carbocycles. The van der Waals surface area contributed by atoms with E-state index in [0.717, 1.165) is 25.3 Å². The molecule has 1 aliphatic rings. The average Bonchev–Trinajstić information content (AvgIpc) is 2.33. The van der Waals surface area contributed by atoms with Crippen LogP contribution in [-0.4, -0.2) is 25.0 Å². The Kier molecular flexibility index (Phi) is 3.75. The minimum Gasteiger partial charge on any atom is -0.478 e. The van der Waals surface area contributed by atoms with E-state index in [1.807, 2.05) is 6.92 Å². The number of aromatic carboxylic acids is 1. The van der Waals surface area contributed by atoms with Gasteiger partial charge in [0.15, 0.2) is 0 Å². The molecule has 6 nitrogen and oxygen atoms in total. The molecule has 0 spiro atoms. The van der Waals surface area contributed by atoms with Gasteiger partial charge in [-0.05, 0) is 43.9 Å². The third kappa shape index (κ3) is 2.64. The second-order valence-electron chi connectivity index (χ2n) is 5.15. The number of rotatable bonds is 5. The maximum Gasteiger partial charge on any atom is 0.337 e. The van der Waals surface area contributed by atoms with Gasteiger partial charge in [-0.2, -0.15) is 0 Å². The lowest BCUT2D eigenvalue weighted by atomic mass is 9.76. The zero-order chi connectivity index (χ0) is 15.0. The molecule has 0 unspecified atom stereocenters. The van der Waals surface area contributed by atoms with E-state index in [-0.39, 0.29) is 16.1 Å². The number of carboxylic acid groups (broad SMARTS) is 1. The Morgan fingerprint density at radius 2 is 2.10 bits per heavy atom. The first-order chi connectivity index (χ1) is 9.30. The van der Waals surface area contributed by atoms with Crippen molar-refractivity contribution >= 4 is 21.7 Å². The van der Waals surface area contributed by atoms with Crippen LogP contribution >= 0.6 is 0 Å². The van der Waals surface area contributed by atoms with E-state index in [9.17, 15) is 13.2 Å². The van der Waals surface area contributed by atoms with Gasteiger partial charge in [0.2, 0.25) is 10.0 Å². The molecular formula is C13H18N2O4S. The van der Waals surface area contributed by atoms with Crippen LogP contribution in [0, 0.1) is 0 Å². The summed E-state index contributed by atoms with van der Waals surface area (Å²) in [5.41, 5.74) is 5.00. The van der Waals surface area contributed by atoms with Gasteiger partial charge >= 0.3 is 5.97 Å². The van der Waals surface area contributed by atoms with E-state index in [2.05, 4.69) is 4.72 Å². The number of anilines is 1. The van der Waals surface area contributed by atoms with Gasteiger partial charge in [-0.1, -0.05) is 6.92 Å². The van der Waals surface area contributed by atoms with E-state index in [0.29, 0.717) is 6.42 Å². The lowest BCUT2D eigenvalue weighted by molar-refractivity contribution is 0.0692.